The molecule has 1 atom stereocenters. The molecule has 0 bridgehead atoms. The Labute approximate surface area is 112 Å². The molecule has 0 spiro atoms. The first-order valence-corrected chi connectivity index (χ1v) is 6.42. The molecule has 2 aromatic heterocycles. The lowest BCUT2D eigenvalue weighted by Crippen LogP contribution is -2.25. The lowest BCUT2D eigenvalue weighted by molar-refractivity contribution is 0.508. The van der Waals surface area contributed by atoms with E-state index in [-0.39, 0.29) is 6.04 Å². The van der Waals surface area contributed by atoms with Gasteiger partial charge in [-0.15, -0.1) is 0 Å². The molecule has 2 N–H and O–H groups in total. The fourth-order valence-corrected chi connectivity index (χ4v) is 2.31. The van der Waals surface area contributed by atoms with Gasteiger partial charge in [-0.2, -0.15) is 5.10 Å². The summed E-state index contributed by atoms with van der Waals surface area (Å²) in [5.74, 6) is 0.923. The van der Waals surface area contributed by atoms with E-state index in [0.717, 1.165) is 35.2 Å². The normalized spacial score (nSPS) is 12.9. The molecule has 2 rings (SSSR count). The van der Waals surface area contributed by atoms with E-state index in [2.05, 4.69) is 27.3 Å². The van der Waals surface area contributed by atoms with Crippen molar-refractivity contribution >= 4 is 11.6 Å². The summed E-state index contributed by atoms with van der Waals surface area (Å²) in [5.41, 5.74) is 1.89. The summed E-state index contributed by atoms with van der Waals surface area (Å²) >= 11 is 6.28. The van der Waals surface area contributed by atoms with Gasteiger partial charge in [-0.3, -0.25) is 4.68 Å². The van der Waals surface area contributed by atoms with Crippen LogP contribution in [0.5, 0.6) is 0 Å². The van der Waals surface area contributed by atoms with E-state index < -0.39 is 0 Å². The molecule has 0 aliphatic carbocycles. The van der Waals surface area contributed by atoms with E-state index in [1.807, 2.05) is 24.9 Å². The van der Waals surface area contributed by atoms with Gasteiger partial charge in [0.2, 0.25) is 0 Å². The first-order valence-electron chi connectivity index (χ1n) is 6.04. The third-order valence-corrected chi connectivity index (χ3v) is 3.45. The Morgan fingerprint density at radius 2 is 2.33 bits per heavy atom. The van der Waals surface area contributed by atoms with Crippen molar-refractivity contribution < 1.29 is 0 Å². The second-order valence-corrected chi connectivity index (χ2v) is 4.64. The van der Waals surface area contributed by atoms with Crippen LogP contribution in [0.4, 0.5) is 0 Å². The van der Waals surface area contributed by atoms with Crippen molar-refractivity contribution in [2.75, 3.05) is 6.54 Å². The van der Waals surface area contributed by atoms with Crippen molar-refractivity contribution in [1.82, 2.24) is 25.1 Å². The number of hydrogen-bond donors (Lipinski definition) is 2. The maximum Gasteiger partial charge on any atom is 0.123 e. The van der Waals surface area contributed by atoms with Gasteiger partial charge >= 0.3 is 0 Å². The van der Waals surface area contributed by atoms with Crippen LogP contribution in [0.25, 0.3) is 0 Å². The Morgan fingerprint density at radius 1 is 1.56 bits per heavy atom. The largest absolute Gasteiger partial charge is 0.347 e. The van der Waals surface area contributed by atoms with Crippen LogP contribution < -0.4 is 5.32 Å². The molecule has 2 aromatic rings. The summed E-state index contributed by atoms with van der Waals surface area (Å²) in [6.45, 7) is 4.87. The first kappa shape index (κ1) is 13.1. The van der Waals surface area contributed by atoms with Crippen LogP contribution >= 0.6 is 11.6 Å². The summed E-state index contributed by atoms with van der Waals surface area (Å²) in [5, 5.41) is 8.48. The standard InChI is InChI=1S/C12H18ClN5/c1-4-14-9(12-15-5-6-16-12)7-10-11(13)8(2)17-18(10)3/h5-6,9,14H,4,7H2,1-3H3,(H,15,16). The van der Waals surface area contributed by atoms with E-state index in [9.17, 15) is 0 Å². The van der Waals surface area contributed by atoms with Gasteiger partial charge in [-0.05, 0) is 13.5 Å². The minimum Gasteiger partial charge on any atom is -0.347 e. The van der Waals surface area contributed by atoms with Gasteiger partial charge in [-0.1, -0.05) is 18.5 Å². The first-order chi connectivity index (χ1) is 8.63. The van der Waals surface area contributed by atoms with Crippen molar-refractivity contribution in [2.45, 2.75) is 26.3 Å². The van der Waals surface area contributed by atoms with Crippen molar-refractivity contribution in [1.29, 1.82) is 0 Å². The zero-order valence-corrected chi connectivity index (χ0v) is 11.6. The van der Waals surface area contributed by atoms with Crippen LogP contribution in [-0.4, -0.2) is 26.3 Å². The van der Waals surface area contributed by atoms with Crippen LogP contribution in [-0.2, 0) is 13.5 Å². The lowest BCUT2D eigenvalue weighted by atomic mass is 10.1. The van der Waals surface area contributed by atoms with Gasteiger partial charge in [0.15, 0.2) is 0 Å². The highest BCUT2D eigenvalue weighted by atomic mass is 35.5. The van der Waals surface area contributed by atoms with Crippen LogP contribution in [0, 0.1) is 6.92 Å². The number of nitrogens with one attached hydrogen (secondary N) is 2. The third-order valence-electron chi connectivity index (χ3n) is 2.96. The number of aryl methyl sites for hydroxylation is 2. The number of halogens is 1. The third kappa shape index (κ3) is 2.57. The Bertz CT molecular complexity index is 503. The van der Waals surface area contributed by atoms with Crippen LogP contribution in [0.15, 0.2) is 12.4 Å². The molecule has 0 aliphatic heterocycles. The van der Waals surface area contributed by atoms with Gasteiger partial charge < -0.3 is 10.3 Å². The number of aromatic nitrogens is 4. The Balaban J connectivity index is 2.24. The number of likely N-dealkylation sites (N-methyl/N-ethyl adjacent to an activating group) is 1. The van der Waals surface area contributed by atoms with Gasteiger partial charge in [0.1, 0.15) is 5.82 Å². The molecular formula is C12H18ClN5. The van der Waals surface area contributed by atoms with Crippen molar-refractivity contribution in [2.24, 2.45) is 7.05 Å². The van der Waals surface area contributed by atoms with E-state index in [1.54, 1.807) is 6.20 Å². The Kier molecular flexibility index (Phi) is 4.04. The number of aromatic amines is 1. The number of H-pyrrole nitrogens is 1. The van der Waals surface area contributed by atoms with Crippen LogP contribution in [0.1, 0.15) is 30.2 Å². The summed E-state index contributed by atoms with van der Waals surface area (Å²) < 4.78 is 1.84. The maximum atomic E-state index is 6.28. The average Bonchev–Trinajstić information content (AvgIpc) is 2.93. The molecule has 98 valence electrons. The van der Waals surface area contributed by atoms with Crippen molar-refractivity contribution in [3.8, 4) is 0 Å². The lowest BCUT2D eigenvalue weighted by Gasteiger charge is -2.15. The Hall–Kier alpha value is -1.33. The molecule has 0 saturated heterocycles. The second-order valence-electron chi connectivity index (χ2n) is 4.26. The highest BCUT2D eigenvalue weighted by Crippen LogP contribution is 2.24. The molecule has 0 amide bonds. The summed E-state index contributed by atoms with van der Waals surface area (Å²) in [4.78, 5) is 7.45. The average molecular weight is 268 g/mol. The van der Waals surface area contributed by atoms with Crippen molar-refractivity contribution in [3.05, 3.63) is 34.6 Å². The minimum absolute atomic E-state index is 0.122. The summed E-state index contributed by atoms with van der Waals surface area (Å²) in [6.07, 6.45) is 4.35. The van der Waals surface area contributed by atoms with Crippen molar-refractivity contribution in [3.63, 3.8) is 0 Å². The molecule has 5 nitrogen and oxygen atoms in total. The molecule has 0 aliphatic rings. The molecule has 1 unspecified atom stereocenters. The van der Waals surface area contributed by atoms with Gasteiger partial charge in [0.25, 0.3) is 0 Å². The Morgan fingerprint density at radius 3 is 2.83 bits per heavy atom. The molecule has 6 heteroatoms. The summed E-state index contributed by atoms with van der Waals surface area (Å²) in [7, 11) is 1.92. The monoisotopic (exact) mass is 267 g/mol. The number of rotatable bonds is 5. The fourth-order valence-electron chi connectivity index (χ4n) is 2.08. The zero-order chi connectivity index (χ0) is 13.1. The van der Waals surface area contributed by atoms with Gasteiger partial charge in [0, 0.05) is 25.9 Å². The van der Waals surface area contributed by atoms with E-state index in [1.165, 1.54) is 0 Å². The maximum absolute atomic E-state index is 6.28. The van der Waals surface area contributed by atoms with Gasteiger partial charge in [-0.25, -0.2) is 4.98 Å². The molecule has 0 radical (unpaired) electrons. The molecule has 0 fully saturated rings. The predicted octanol–water partition coefficient (Wildman–Crippen LogP) is 2.00. The van der Waals surface area contributed by atoms with E-state index in [0.29, 0.717) is 0 Å². The SMILES string of the molecule is CCNC(Cc1c(Cl)c(C)nn1C)c1ncc[nH]1. The molecule has 2 heterocycles. The quantitative estimate of drug-likeness (QED) is 0.871. The molecule has 18 heavy (non-hydrogen) atoms. The number of imidazole rings is 1. The highest BCUT2D eigenvalue weighted by Gasteiger charge is 2.19. The minimum atomic E-state index is 0.122. The highest BCUT2D eigenvalue weighted by molar-refractivity contribution is 6.31. The molecule has 0 saturated carbocycles. The number of nitrogens with zero attached hydrogens (tertiary/aromatic N) is 3. The predicted molar refractivity (Wildman–Crippen MR) is 71.7 cm³/mol. The zero-order valence-electron chi connectivity index (χ0n) is 10.9. The number of hydrogen-bond acceptors (Lipinski definition) is 3. The van der Waals surface area contributed by atoms with Gasteiger partial charge in [0.05, 0.1) is 22.5 Å². The van der Waals surface area contributed by atoms with Crippen LogP contribution in [0.3, 0.4) is 0 Å². The smallest absolute Gasteiger partial charge is 0.123 e. The van der Waals surface area contributed by atoms with E-state index in [4.69, 9.17) is 11.6 Å². The summed E-state index contributed by atoms with van der Waals surface area (Å²) in [6, 6.07) is 0.122. The molecule has 0 aromatic carbocycles. The second kappa shape index (κ2) is 5.54. The van der Waals surface area contributed by atoms with E-state index >= 15 is 0 Å². The fraction of sp³-hybridized carbons (Fsp3) is 0.500. The van der Waals surface area contributed by atoms with Crippen LogP contribution in [0.2, 0.25) is 5.02 Å². The topological polar surface area (TPSA) is 58.5 Å². The molecular weight excluding hydrogens is 250 g/mol.